The Bertz CT molecular complexity index is 1240. The van der Waals surface area contributed by atoms with Crippen molar-refractivity contribution in [2.24, 2.45) is 0 Å². The predicted molar refractivity (Wildman–Crippen MR) is 101 cm³/mol. The van der Waals surface area contributed by atoms with Gasteiger partial charge >= 0.3 is 6.18 Å². The summed E-state index contributed by atoms with van der Waals surface area (Å²) in [6.07, 6.45) is -2.90. The van der Waals surface area contributed by atoms with Gasteiger partial charge in [-0.05, 0) is 44.5 Å². The molecule has 0 spiro atoms. The number of rotatable bonds is 4. The van der Waals surface area contributed by atoms with Gasteiger partial charge in [-0.1, -0.05) is 10.3 Å². The SMILES string of the molecule is Cc1cc(C(C)NC(=O)c2[nH]cc(-c3noc4cc(C(F)(F)F)ccc34)c2C)no1. The van der Waals surface area contributed by atoms with E-state index in [2.05, 4.69) is 20.6 Å². The number of nitrogens with one attached hydrogen (secondary N) is 2. The topological polar surface area (TPSA) is 97.0 Å². The minimum atomic E-state index is -4.48. The number of hydrogen-bond acceptors (Lipinski definition) is 5. The number of nitrogens with zero attached hydrogens (tertiary/aromatic N) is 2. The largest absolute Gasteiger partial charge is 0.416 e. The molecule has 0 saturated heterocycles. The molecule has 4 rings (SSSR count). The number of hydrogen-bond donors (Lipinski definition) is 2. The second-order valence-corrected chi connectivity index (χ2v) is 7.00. The van der Waals surface area contributed by atoms with Crippen molar-refractivity contribution in [1.29, 1.82) is 0 Å². The highest BCUT2D eigenvalue weighted by molar-refractivity contribution is 5.99. The molecule has 1 atom stereocenters. The molecule has 0 aliphatic rings. The fourth-order valence-corrected chi connectivity index (χ4v) is 3.22. The number of aryl methyl sites for hydroxylation is 1. The van der Waals surface area contributed by atoms with E-state index in [0.29, 0.717) is 39.4 Å². The standard InChI is InChI=1S/C20H17F3N4O3/c1-9-6-15(26-29-9)11(3)25-19(28)17-10(2)14(8-24-17)18-13-5-4-12(20(21,22)23)7-16(13)30-27-18/h4-8,11,24H,1-3H3,(H,25,28). The number of carbonyl (C=O) groups is 1. The number of carbonyl (C=O) groups excluding carboxylic acids is 1. The van der Waals surface area contributed by atoms with Crippen LogP contribution in [0.25, 0.3) is 22.2 Å². The molecule has 3 heterocycles. The van der Waals surface area contributed by atoms with Gasteiger partial charge in [0, 0.05) is 23.2 Å². The predicted octanol–water partition coefficient (Wildman–Crippen LogP) is 4.94. The third kappa shape index (κ3) is 3.44. The van der Waals surface area contributed by atoms with Crippen LogP contribution in [-0.4, -0.2) is 21.2 Å². The number of amides is 1. The van der Waals surface area contributed by atoms with Gasteiger partial charge in [0.1, 0.15) is 22.8 Å². The molecule has 10 heteroatoms. The van der Waals surface area contributed by atoms with Crippen molar-refractivity contribution in [3.63, 3.8) is 0 Å². The minimum absolute atomic E-state index is 0.0152. The zero-order valence-corrected chi connectivity index (χ0v) is 16.2. The van der Waals surface area contributed by atoms with Gasteiger partial charge in [0.05, 0.1) is 11.6 Å². The van der Waals surface area contributed by atoms with Crippen molar-refractivity contribution in [1.82, 2.24) is 20.6 Å². The molecular formula is C20H17F3N4O3. The van der Waals surface area contributed by atoms with Gasteiger partial charge in [-0.2, -0.15) is 13.2 Å². The molecule has 3 aromatic heterocycles. The van der Waals surface area contributed by atoms with Crippen LogP contribution in [0, 0.1) is 13.8 Å². The van der Waals surface area contributed by atoms with E-state index >= 15 is 0 Å². The summed E-state index contributed by atoms with van der Waals surface area (Å²) in [4.78, 5) is 15.6. The average molecular weight is 418 g/mol. The summed E-state index contributed by atoms with van der Waals surface area (Å²) in [7, 11) is 0. The first-order valence-corrected chi connectivity index (χ1v) is 9.04. The molecule has 0 radical (unpaired) electrons. The summed E-state index contributed by atoms with van der Waals surface area (Å²) in [6.45, 7) is 5.25. The second-order valence-electron chi connectivity index (χ2n) is 7.00. The highest BCUT2D eigenvalue weighted by Crippen LogP contribution is 2.36. The lowest BCUT2D eigenvalue weighted by molar-refractivity contribution is -0.137. The summed E-state index contributed by atoms with van der Waals surface area (Å²) in [5.74, 6) is 0.273. The summed E-state index contributed by atoms with van der Waals surface area (Å²) in [6, 6.07) is 4.54. The molecule has 2 N–H and O–H groups in total. The van der Waals surface area contributed by atoms with Crippen LogP contribution >= 0.6 is 0 Å². The molecular weight excluding hydrogens is 401 g/mol. The Morgan fingerprint density at radius 1 is 1.17 bits per heavy atom. The molecule has 1 aromatic carbocycles. The smallest absolute Gasteiger partial charge is 0.361 e. The van der Waals surface area contributed by atoms with E-state index < -0.39 is 11.7 Å². The molecule has 0 fully saturated rings. The number of benzene rings is 1. The maximum atomic E-state index is 12.9. The second kappa shape index (κ2) is 7.05. The number of halogens is 3. The molecule has 1 unspecified atom stereocenters. The van der Waals surface area contributed by atoms with E-state index in [1.165, 1.54) is 6.07 Å². The molecule has 30 heavy (non-hydrogen) atoms. The van der Waals surface area contributed by atoms with Gasteiger partial charge in [-0.25, -0.2) is 0 Å². The molecule has 4 aromatic rings. The number of alkyl halides is 3. The molecule has 0 bridgehead atoms. The number of fused-ring (bicyclic) bond motifs is 1. The highest BCUT2D eigenvalue weighted by atomic mass is 19.4. The van der Waals surface area contributed by atoms with E-state index in [-0.39, 0.29) is 17.5 Å². The zero-order chi connectivity index (χ0) is 21.6. The van der Waals surface area contributed by atoms with Gasteiger partial charge in [-0.3, -0.25) is 4.79 Å². The van der Waals surface area contributed by atoms with Crippen LogP contribution < -0.4 is 5.32 Å². The first kappa shape index (κ1) is 19.7. The van der Waals surface area contributed by atoms with E-state index in [1.807, 2.05) is 0 Å². The third-order valence-electron chi connectivity index (χ3n) is 4.86. The van der Waals surface area contributed by atoms with E-state index in [4.69, 9.17) is 9.05 Å². The van der Waals surface area contributed by atoms with Crippen LogP contribution in [0.3, 0.4) is 0 Å². The third-order valence-corrected chi connectivity index (χ3v) is 4.86. The minimum Gasteiger partial charge on any atom is -0.361 e. The molecule has 1 amide bonds. The normalized spacial score (nSPS) is 13.0. The fourth-order valence-electron chi connectivity index (χ4n) is 3.22. The van der Waals surface area contributed by atoms with Crippen molar-refractivity contribution >= 4 is 16.9 Å². The quantitative estimate of drug-likeness (QED) is 0.489. The van der Waals surface area contributed by atoms with E-state index in [0.717, 1.165) is 12.1 Å². The first-order chi connectivity index (χ1) is 14.1. The Balaban J connectivity index is 1.62. The van der Waals surface area contributed by atoms with E-state index in [1.54, 1.807) is 33.0 Å². The van der Waals surface area contributed by atoms with Gasteiger partial charge in [0.15, 0.2) is 5.58 Å². The molecule has 0 aliphatic carbocycles. The maximum Gasteiger partial charge on any atom is 0.416 e. The Hall–Kier alpha value is -3.56. The Kier molecular flexibility index (Phi) is 4.64. The van der Waals surface area contributed by atoms with Crippen LogP contribution in [-0.2, 0) is 6.18 Å². The van der Waals surface area contributed by atoms with Crippen LogP contribution in [0.1, 0.15) is 46.0 Å². The van der Waals surface area contributed by atoms with Crippen LogP contribution in [0.4, 0.5) is 13.2 Å². The zero-order valence-electron chi connectivity index (χ0n) is 16.2. The van der Waals surface area contributed by atoms with Crippen molar-refractivity contribution < 1.29 is 27.0 Å². The van der Waals surface area contributed by atoms with Crippen LogP contribution in [0.5, 0.6) is 0 Å². The van der Waals surface area contributed by atoms with Gasteiger partial charge in [0.25, 0.3) is 5.91 Å². The average Bonchev–Trinajstić information content (AvgIpc) is 3.38. The lowest BCUT2D eigenvalue weighted by Gasteiger charge is -2.10. The molecule has 0 aliphatic heterocycles. The number of aromatic amines is 1. The van der Waals surface area contributed by atoms with Crippen molar-refractivity contribution in [3.05, 3.63) is 58.7 Å². The van der Waals surface area contributed by atoms with Crippen LogP contribution in [0.2, 0.25) is 0 Å². The molecule has 156 valence electrons. The summed E-state index contributed by atoms with van der Waals surface area (Å²) < 4.78 is 48.9. The summed E-state index contributed by atoms with van der Waals surface area (Å²) in [5, 5.41) is 11.0. The van der Waals surface area contributed by atoms with Crippen LogP contribution in [0.15, 0.2) is 39.5 Å². The highest BCUT2D eigenvalue weighted by Gasteiger charge is 2.31. The van der Waals surface area contributed by atoms with Crippen molar-refractivity contribution in [2.45, 2.75) is 33.0 Å². The van der Waals surface area contributed by atoms with Gasteiger partial charge in [0.2, 0.25) is 0 Å². The maximum absolute atomic E-state index is 12.9. The Morgan fingerprint density at radius 2 is 1.93 bits per heavy atom. The van der Waals surface area contributed by atoms with Gasteiger partial charge in [-0.15, -0.1) is 0 Å². The van der Waals surface area contributed by atoms with Gasteiger partial charge < -0.3 is 19.3 Å². The fraction of sp³-hybridized carbons (Fsp3) is 0.250. The van der Waals surface area contributed by atoms with Crippen molar-refractivity contribution in [3.8, 4) is 11.3 Å². The van der Waals surface area contributed by atoms with E-state index in [9.17, 15) is 18.0 Å². The monoisotopic (exact) mass is 418 g/mol. The molecule has 7 nitrogen and oxygen atoms in total. The summed E-state index contributed by atoms with van der Waals surface area (Å²) >= 11 is 0. The lowest BCUT2D eigenvalue weighted by atomic mass is 10.0. The molecule has 0 saturated carbocycles. The summed E-state index contributed by atoms with van der Waals surface area (Å²) in [5.41, 5.74) is 1.59. The Labute approximate surface area is 168 Å². The number of aromatic nitrogens is 3. The number of H-pyrrole nitrogens is 1. The lowest BCUT2D eigenvalue weighted by Crippen LogP contribution is -2.27. The Morgan fingerprint density at radius 3 is 2.60 bits per heavy atom. The van der Waals surface area contributed by atoms with Crippen molar-refractivity contribution in [2.75, 3.05) is 0 Å². The first-order valence-electron chi connectivity index (χ1n) is 9.04.